The second-order valence-electron chi connectivity index (χ2n) is 7.00. The van der Waals surface area contributed by atoms with Crippen LogP contribution in [0.3, 0.4) is 0 Å². The number of hydrogen-bond acceptors (Lipinski definition) is 6. The molecule has 1 aliphatic heterocycles. The highest BCUT2D eigenvalue weighted by Gasteiger charge is 2.29. The zero-order valence-corrected chi connectivity index (χ0v) is 15.3. The number of carbonyl (C=O) groups excluding carboxylic acids is 1. The summed E-state index contributed by atoms with van der Waals surface area (Å²) < 4.78 is 5.58. The molecule has 3 rings (SSSR count). The first-order valence-electron chi connectivity index (χ1n) is 8.86. The Bertz CT molecular complexity index is 717. The molecule has 1 saturated heterocycles. The summed E-state index contributed by atoms with van der Waals surface area (Å²) in [4.78, 5) is 20.8. The van der Waals surface area contributed by atoms with Crippen LogP contribution in [0, 0.1) is 0 Å². The van der Waals surface area contributed by atoms with E-state index in [4.69, 9.17) is 4.42 Å². The zero-order chi connectivity index (χ0) is 18.5. The van der Waals surface area contributed by atoms with Gasteiger partial charge in [-0.2, -0.15) is 0 Å². The van der Waals surface area contributed by atoms with Crippen LogP contribution < -0.4 is 5.32 Å². The summed E-state index contributed by atoms with van der Waals surface area (Å²) in [6.07, 6.45) is 1.84. The van der Waals surface area contributed by atoms with Crippen molar-refractivity contribution in [2.24, 2.45) is 0 Å². The van der Waals surface area contributed by atoms with E-state index in [0.29, 0.717) is 26.1 Å². The number of rotatable bonds is 6. The normalized spacial score (nSPS) is 21.1. The number of likely N-dealkylation sites (tertiary alicyclic amines) is 1. The van der Waals surface area contributed by atoms with Crippen LogP contribution in [0.15, 0.2) is 40.9 Å². The van der Waals surface area contributed by atoms with E-state index < -0.39 is 6.10 Å². The fourth-order valence-corrected chi connectivity index (χ4v) is 3.17. The molecule has 0 unspecified atom stereocenters. The molecule has 1 amide bonds. The van der Waals surface area contributed by atoms with Crippen LogP contribution >= 0.6 is 0 Å². The summed E-state index contributed by atoms with van der Waals surface area (Å²) in [7, 11) is 3.88. The molecule has 0 saturated carbocycles. The van der Waals surface area contributed by atoms with Crippen molar-refractivity contribution < 1.29 is 14.3 Å². The van der Waals surface area contributed by atoms with Crippen LogP contribution in [0.25, 0.3) is 0 Å². The van der Waals surface area contributed by atoms with E-state index in [0.717, 1.165) is 18.0 Å². The van der Waals surface area contributed by atoms with Crippen LogP contribution in [-0.4, -0.2) is 65.1 Å². The molecule has 26 heavy (non-hydrogen) atoms. The Morgan fingerprint density at radius 3 is 2.92 bits per heavy atom. The third-order valence-corrected chi connectivity index (χ3v) is 4.45. The van der Waals surface area contributed by atoms with Gasteiger partial charge in [-0.05, 0) is 44.8 Å². The lowest BCUT2D eigenvalue weighted by Gasteiger charge is -2.35. The average Bonchev–Trinajstić information content (AvgIpc) is 3.06. The summed E-state index contributed by atoms with van der Waals surface area (Å²) in [5, 5.41) is 13.3. The highest BCUT2D eigenvalue weighted by molar-refractivity contribution is 5.91. The smallest absolute Gasteiger partial charge is 0.287 e. The molecule has 1 aliphatic rings. The van der Waals surface area contributed by atoms with Crippen molar-refractivity contribution in [3.63, 3.8) is 0 Å². The minimum Gasteiger partial charge on any atom is -0.455 e. The van der Waals surface area contributed by atoms with Gasteiger partial charge in [0.15, 0.2) is 5.76 Å². The number of β-amino-alcohol motifs (C(OH)–C–C–N with tert-alkyl or cyclic N) is 1. The zero-order valence-electron chi connectivity index (χ0n) is 15.3. The predicted molar refractivity (Wildman–Crippen MR) is 97.5 cm³/mol. The van der Waals surface area contributed by atoms with Gasteiger partial charge in [-0.25, -0.2) is 0 Å². The number of amides is 1. The molecule has 2 N–H and O–H groups in total. The Kier molecular flexibility index (Phi) is 6.03. The topological polar surface area (TPSA) is 81.8 Å². The fraction of sp³-hybridized carbons (Fsp3) is 0.474. The van der Waals surface area contributed by atoms with Gasteiger partial charge in [0.05, 0.1) is 24.4 Å². The number of piperidine rings is 1. The lowest BCUT2D eigenvalue weighted by atomic mass is 10.0. The third-order valence-electron chi connectivity index (χ3n) is 4.45. The summed E-state index contributed by atoms with van der Waals surface area (Å²) >= 11 is 0. The number of aliphatic hydroxyl groups excluding tert-OH is 1. The van der Waals surface area contributed by atoms with Gasteiger partial charge in [0.1, 0.15) is 5.76 Å². The van der Waals surface area contributed by atoms with Crippen LogP contribution in [0.4, 0.5) is 0 Å². The van der Waals surface area contributed by atoms with Crippen LogP contribution in [-0.2, 0) is 13.1 Å². The molecule has 7 heteroatoms. The number of aliphatic hydroxyl groups is 1. The maximum atomic E-state index is 12.4. The van der Waals surface area contributed by atoms with Crippen LogP contribution in [0.5, 0.6) is 0 Å². The molecule has 0 radical (unpaired) electrons. The van der Waals surface area contributed by atoms with Crippen molar-refractivity contribution in [3.05, 3.63) is 53.7 Å². The quantitative estimate of drug-likeness (QED) is 0.805. The Morgan fingerprint density at radius 2 is 2.23 bits per heavy atom. The van der Waals surface area contributed by atoms with Gasteiger partial charge in [0.25, 0.3) is 5.91 Å². The standard InChI is InChI=1S/C19H26N4O3/c1-22(2)12-15-6-7-18(26-15)19(25)21-16-8-10-23(13-17(16)24)11-14-5-3-4-9-20-14/h3-7,9,16-17,24H,8,10-13H2,1-2H3,(H,21,25)/t16-,17-/m1/s1. The molecule has 0 aromatic carbocycles. The van der Waals surface area contributed by atoms with Crippen molar-refractivity contribution >= 4 is 5.91 Å². The lowest BCUT2D eigenvalue weighted by molar-refractivity contribution is 0.0338. The Morgan fingerprint density at radius 1 is 1.38 bits per heavy atom. The number of furan rings is 1. The van der Waals surface area contributed by atoms with Gasteiger partial charge < -0.3 is 19.7 Å². The first-order chi connectivity index (χ1) is 12.5. The first-order valence-corrected chi connectivity index (χ1v) is 8.86. The lowest BCUT2D eigenvalue weighted by Crippen LogP contribution is -2.53. The highest BCUT2D eigenvalue weighted by Crippen LogP contribution is 2.15. The molecular weight excluding hydrogens is 332 g/mol. The third kappa shape index (κ3) is 4.91. The van der Waals surface area contributed by atoms with E-state index in [2.05, 4.69) is 15.2 Å². The number of hydrogen-bond donors (Lipinski definition) is 2. The first kappa shape index (κ1) is 18.6. The summed E-state index contributed by atoms with van der Waals surface area (Å²) in [5.74, 6) is 0.744. The van der Waals surface area contributed by atoms with Crippen molar-refractivity contribution in [1.82, 2.24) is 20.1 Å². The predicted octanol–water partition coefficient (Wildman–Crippen LogP) is 1.10. The highest BCUT2D eigenvalue weighted by atomic mass is 16.4. The van der Waals surface area contributed by atoms with Gasteiger partial charge in [0.2, 0.25) is 0 Å². The SMILES string of the molecule is CN(C)Cc1ccc(C(=O)N[C@@H]2CCN(Cc3ccccn3)C[C@H]2O)o1. The number of carbonyl (C=O) groups is 1. The van der Waals surface area contributed by atoms with Gasteiger partial charge in [0, 0.05) is 25.8 Å². The van der Waals surface area contributed by atoms with Crippen LogP contribution in [0.1, 0.15) is 28.4 Å². The second-order valence-corrected chi connectivity index (χ2v) is 7.00. The Labute approximate surface area is 153 Å². The van der Waals surface area contributed by atoms with E-state index in [1.807, 2.05) is 37.2 Å². The molecule has 0 spiro atoms. The molecule has 0 bridgehead atoms. The van der Waals surface area contributed by atoms with Gasteiger partial charge in [-0.3, -0.25) is 14.7 Å². The summed E-state index contributed by atoms with van der Waals surface area (Å²) in [6.45, 7) is 2.64. The van der Waals surface area contributed by atoms with E-state index in [1.165, 1.54) is 0 Å². The van der Waals surface area contributed by atoms with E-state index in [-0.39, 0.29) is 17.7 Å². The molecule has 7 nitrogen and oxygen atoms in total. The average molecular weight is 358 g/mol. The molecule has 2 atom stereocenters. The Hall–Kier alpha value is -2.22. The molecule has 2 aromatic heterocycles. The second kappa shape index (κ2) is 8.44. The summed E-state index contributed by atoms with van der Waals surface area (Å²) in [5.41, 5.74) is 0.978. The number of nitrogens with zero attached hydrogens (tertiary/aromatic N) is 3. The fourth-order valence-electron chi connectivity index (χ4n) is 3.17. The minimum atomic E-state index is -0.618. The molecule has 140 valence electrons. The van der Waals surface area contributed by atoms with Gasteiger partial charge in [-0.15, -0.1) is 0 Å². The Balaban J connectivity index is 1.51. The number of pyridine rings is 1. The largest absolute Gasteiger partial charge is 0.455 e. The number of aromatic nitrogens is 1. The summed E-state index contributed by atoms with van der Waals surface area (Å²) in [6, 6.07) is 9.03. The van der Waals surface area contributed by atoms with E-state index >= 15 is 0 Å². The molecular formula is C19H26N4O3. The van der Waals surface area contributed by atoms with Crippen molar-refractivity contribution in [2.75, 3.05) is 27.2 Å². The maximum Gasteiger partial charge on any atom is 0.287 e. The molecule has 0 aliphatic carbocycles. The van der Waals surface area contributed by atoms with Crippen molar-refractivity contribution in [3.8, 4) is 0 Å². The maximum absolute atomic E-state index is 12.4. The van der Waals surface area contributed by atoms with E-state index in [9.17, 15) is 9.90 Å². The minimum absolute atomic E-state index is 0.273. The molecule has 3 heterocycles. The van der Waals surface area contributed by atoms with E-state index in [1.54, 1.807) is 18.3 Å². The van der Waals surface area contributed by atoms with Crippen molar-refractivity contribution in [2.45, 2.75) is 31.7 Å². The van der Waals surface area contributed by atoms with Crippen molar-refractivity contribution in [1.29, 1.82) is 0 Å². The van der Waals surface area contributed by atoms with Gasteiger partial charge in [-0.1, -0.05) is 6.07 Å². The molecule has 1 fully saturated rings. The van der Waals surface area contributed by atoms with Gasteiger partial charge >= 0.3 is 0 Å². The van der Waals surface area contributed by atoms with Crippen LogP contribution in [0.2, 0.25) is 0 Å². The monoisotopic (exact) mass is 358 g/mol. The molecule has 2 aromatic rings. The number of nitrogens with one attached hydrogen (secondary N) is 1.